The third kappa shape index (κ3) is 7.55. The molecule has 13 heteroatoms. The lowest BCUT2D eigenvalue weighted by molar-refractivity contribution is -0.129. The first kappa shape index (κ1) is 32.2. The predicted molar refractivity (Wildman–Crippen MR) is 163 cm³/mol. The molecule has 45 heavy (non-hydrogen) atoms. The fraction of sp³-hybridized carbons (Fsp3) is 0.375. The zero-order chi connectivity index (χ0) is 32.1. The number of benzene rings is 3. The summed E-state index contributed by atoms with van der Waals surface area (Å²) in [4.78, 5) is 27.1. The Morgan fingerprint density at radius 3 is 2.56 bits per heavy atom. The maximum atomic E-state index is 13.9. The summed E-state index contributed by atoms with van der Waals surface area (Å²) in [6.45, 7) is 3.49. The van der Waals surface area contributed by atoms with E-state index in [-0.39, 0.29) is 49.3 Å². The van der Waals surface area contributed by atoms with Crippen molar-refractivity contribution < 1.29 is 41.7 Å². The molecule has 1 fully saturated rings. The van der Waals surface area contributed by atoms with Gasteiger partial charge >= 0.3 is 6.09 Å². The standard InChI is InChI=1S/C32H36FN3O8S/c1-3-21(2)17-35(45(40,41)25-12-13-28-29(16-25)43-20-42-28)18-27(37)26(14-22-8-5-4-6-9-22)34-31(38)30-19-36(32(39)44-30)24-11-7-10-23(33)15-24/h4-13,15-16,21,26-27,30,37H,3,14,17-20H2,1-2H3,(H,34,38)/t21-,26-,27+,30-/m0/s1. The summed E-state index contributed by atoms with van der Waals surface area (Å²) >= 11 is 0. The quantitative estimate of drug-likeness (QED) is 0.289. The summed E-state index contributed by atoms with van der Waals surface area (Å²) in [7, 11) is -4.10. The maximum Gasteiger partial charge on any atom is 0.415 e. The highest BCUT2D eigenvalue weighted by Gasteiger charge is 2.39. The largest absolute Gasteiger partial charge is 0.454 e. The second-order valence-corrected chi connectivity index (χ2v) is 13.1. The van der Waals surface area contributed by atoms with E-state index in [4.69, 9.17) is 14.2 Å². The van der Waals surface area contributed by atoms with Crippen molar-refractivity contribution in [3.8, 4) is 11.5 Å². The number of carbonyl (C=O) groups is 2. The Morgan fingerprint density at radius 1 is 1.07 bits per heavy atom. The summed E-state index contributed by atoms with van der Waals surface area (Å²) in [6, 6.07) is 17.9. The molecule has 2 heterocycles. The van der Waals surface area contributed by atoms with Gasteiger partial charge in [-0.25, -0.2) is 17.6 Å². The highest BCUT2D eigenvalue weighted by molar-refractivity contribution is 7.89. The molecule has 2 aliphatic rings. The number of amides is 2. The minimum Gasteiger partial charge on any atom is -0.454 e. The number of nitrogens with one attached hydrogen (secondary N) is 1. The molecule has 0 unspecified atom stereocenters. The normalized spacial score (nSPS) is 18.0. The van der Waals surface area contributed by atoms with Gasteiger partial charge in [-0.2, -0.15) is 4.31 Å². The van der Waals surface area contributed by atoms with Gasteiger partial charge in [-0.1, -0.05) is 56.7 Å². The molecule has 0 saturated carbocycles. The van der Waals surface area contributed by atoms with E-state index in [9.17, 15) is 27.5 Å². The zero-order valence-corrected chi connectivity index (χ0v) is 25.8. The molecule has 11 nitrogen and oxygen atoms in total. The third-order valence-corrected chi connectivity index (χ3v) is 9.73. The van der Waals surface area contributed by atoms with Crippen LogP contribution in [0.4, 0.5) is 14.9 Å². The van der Waals surface area contributed by atoms with Crippen molar-refractivity contribution in [2.24, 2.45) is 5.92 Å². The number of sulfonamides is 1. The van der Waals surface area contributed by atoms with Crippen molar-refractivity contribution in [1.29, 1.82) is 0 Å². The molecule has 5 rings (SSSR count). The van der Waals surface area contributed by atoms with Crippen molar-refractivity contribution in [3.63, 3.8) is 0 Å². The van der Waals surface area contributed by atoms with Crippen LogP contribution in [0.3, 0.4) is 0 Å². The minimum absolute atomic E-state index is 0.00863. The Kier molecular flexibility index (Phi) is 9.90. The SMILES string of the molecule is CC[C@H](C)CN(C[C@@H](O)[C@H](Cc1ccccc1)NC(=O)[C@@H]1CN(c2cccc(F)c2)C(=O)O1)S(=O)(=O)c1ccc2c(c1)OCO2. The lowest BCUT2D eigenvalue weighted by Gasteiger charge is -2.31. The number of halogens is 1. The van der Waals surface area contributed by atoms with Crippen molar-refractivity contribution in [3.05, 3.63) is 84.2 Å². The van der Waals surface area contributed by atoms with E-state index < -0.39 is 46.1 Å². The first-order valence-corrected chi connectivity index (χ1v) is 16.1. The Hall–Kier alpha value is -4.20. The number of cyclic esters (lactones) is 1. The van der Waals surface area contributed by atoms with Crippen LogP contribution < -0.4 is 19.7 Å². The Labute approximate surface area is 261 Å². The molecule has 3 aromatic rings. The molecular formula is C32H36FN3O8S. The third-order valence-electron chi connectivity index (χ3n) is 7.90. The summed E-state index contributed by atoms with van der Waals surface area (Å²) in [6.07, 6.45) is -2.53. The second-order valence-electron chi connectivity index (χ2n) is 11.2. The van der Waals surface area contributed by atoms with Gasteiger partial charge in [0.2, 0.25) is 16.8 Å². The number of aliphatic hydroxyl groups excluding tert-OH is 1. The molecule has 2 N–H and O–H groups in total. The van der Waals surface area contributed by atoms with Crippen LogP contribution in [0.2, 0.25) is 0 Å². The molecule has 1 saturated heterocycles. The van der Waals surface area contributed by atoms with Crippen LogP contribution >= 0.6 is 0 Å². The van der Waals surface area contributed by atoms with Gasteiger partial charge in [-0.05, 0) is 48.2 Å². The van der Waals surface area contributed by atoms with Gasteiger partial charge in [-0.15, -0.1) is 0 Å². The fourth-order valence-electron chi connectivity index (χ4n) is 5.15. The monoisotopic (exact) mass is 641 g/mol. The Morgan fingerprint density at radius 2 is 1.82 bits per heavy atom. The van der Waals surface area contributed by atoms with Crippen LogP contribution in [0.15, 0.2) is 77.7 Å². The number of aliphatic hydroxyl groups is 1. The fourth-order valence-corrected chi connectivity index (χ4v) is 6.74. The van der Waals surface area contributed by atoms with Gasteiger partial charge < -0.3 is 24.6 Å². The summed E-state index contributed by atoms with van der Waals surface area (Å²) in [5.41, 5.74) is 1.03. The van der Waals surface area contributed by atoms with Gasteiger partial charge in [0.15, 0.2) is 17.6 Å². The molecule has 0 radical (unpaired) electrons. The molecule has 240 valence electrons. The van der Waals surface area contributed by atoms with Crippen LogP contribution in [0.25, 0.3) is 0 Å². The van der Waals surface area contributed by atoms with E-state index in [1.807, 2.05) is 44.2 Å². The topological polar surface area (TPSA) is 135 Å². The van der Waals surface area contributed by atoms with Crippen molar-refractivity contribution in [1.82, 2.24) is 9.62 Å². The lowest BCUT2D eigenvalue weighted by atomic mass is 10.0. The average molecular weight is 642 g/mol. The van der Waals surface area contributed by atoms with E-state index in [2.05, 4.69) is 5.32 Å². The molecular weight excluding hydrogens is 605 g/mol. The molecule has 0 bridgehead atoms. The van der Waals surface area contributed by atoms with Gasteiger partial charge in [0.05, 0.1) is 29.3 Å². The van der Waals surface area contributed by atoms with E-state index in [1.165, 1.54) is 40.7 Å². The van der Waals surface area contributed by atoms with Crippen LogP contribution in [0.5, 0.6) is 11.5 Å². The van der Waals surface area contributed by atoms with E-state index >= 15 is 0 Å². The van der Waals surface area contributed by atoms with E-state index in [0.717, 1.165) is 16.5 Å². The first-order chi connectivity index (χ1) is 21.5. The van der Waals surface area contributed by atoms with Crippen molar-refractivity contribution in [2.45, 2.75) is 49.8 Å². The van der Waals surface area contributed by atoms with Crippen LogP contribution in [0.1, 0.15) is 25.8 Å². The summed E-state index contributed by atoms with van der Waals surface area (Å²) < 4.78 is 58.8. The van der Waals surface area contributed by atoms with Crippen molar-refractivity contribution >= 4 is 27.7 Å². The number of nitrogens with zero attached hydrogens (tertiary/aromatic N) is 2. The Bertz CT molecular complexity index is 1620. The molecule has 0 aliphatic carbocycles. The minimum atomic E-state index is -4.10. The van der Waals surface area contributed by atoms with E-state index in [0.29, 0.717) is 17.9 Å². The molecule has 3 aromatic carbocycles. The van der Waals surface area contributed by atoms with Gasteiger partial charge in [0, 0.05) is 19.2 Å². The van der Waals surface area contributed by atoms with Crippen LogP contribution in [-0.4, -0.2) is 74.5 Å². The smallest absolute Gasteiger partial charge is 0.415 e. The maximum absolute atomic E-state index is 13.9. The molecule has 2 amide bonds. The number of hydrogen-bond acceptors (Lipinski definition) is 8. The zero-order valence-electron chi connectivity index (χ0n) is 25.0. The van der Waals surface area contributed by atoms with Gasteiger partial charge in [0.25, 0.3) is 5.91 Å². The van der Waals surface area contributed by atoms with Crippen molar-refractivity contribution in [2.75, 3.05) is 31.3 Å². The summed E-state index contributed by atoms with van der Waals surface area (Å²) in [5.74, 6) is -0.495. The average Bonchev–Trinajstić information content (AvgIpc) is 3.67. The highest BCUT2D eigenvalue weighted by Crippen LogP contribution is 2.35. The number of ether oxygens (including phenoxy) is 3. The molecule has 0 spiro atoms. The second kappa shape index (κ2) is 13.8. The summed E-state index contributed by atoms with van der Waals surface area (Å²) in [5, 5.41) is 14.4. The predicted octanol–water partition coefficient (Wildman–Crippen LogP) is 3.71. The van der Waals surface area contributed by atoms with Gasteiger partial charge in [-0.3, -0.25) is 9.69 Å². The highest BCUT2D eigenvalue weighted by atomic mass is 32.2. The van der Waals surface area contributed by atoms with Crippen LogP contribution in [-0.2, 0) is 26.0 Å². The van der Waals surface area contributed by atoms with E-state index in [1.54, 1.807) is 0 Å². The Balaban J connectivity index is 1.37. The first-order valence-electron chi connectivity index (χ1n) is 14.7. The van der Waals surface area contributed by atoms with Gasteiger partial charge in [0.1, 0.15) is 5.82 Å². The molecule has 0 aromatic heterocycles. The number of hydrogen-bond donors (Lipinski definition) is 2. The lowest BCUT2D eigenvalue weighted by Crippen LogP contribution is -2.53. The molecule has 4 atom stereocenters. The number of anilines is 1. The number of fused-ring (bicyclic) bond motifs is 1. The molecule has 2 aliphatic heterocycles. The van der Waals surface area contributed by atoms with Crippen LogP contribution in [0, 0.1) is 11.7 Å². The number of rotatable bonds is 13. The number of carbonyl (C=O) groups excluding carboxylic acids is 2.